The van der Waals surface area contributed by atoms with Crippen LogP contribution in [0, 0.1) is 0 Å². The predicted octanol–water partition coefficient (Wildman–Crippen LogP) is 0.721. The lowest BCUT2D eigenvalue weighted by Crippen LogP contribution is -2.44. The van der Waals surface area contributed by atoms with Crippen LogP contribution < -0.4 is 0 Å². The molecule has 0 bridgehead atoms. The van der Waals surface area contributed by atoms with Gasteiger partial charge in [-0.25, -0.2) is 4.79 Å². The summed E-state index contributed by atoms with van der Waals surface area (Å²) >= 11 is 0. The molecular formula is C9H16N2O2. The highest BCUT2D eigenvalue weighted by Gasteiger charge is 2.32. The molecule has 0 aromatic rings. The van der Waals surface area contributed by atoms with E-state index in [4.69, 9.17) is 0 Å². The summed E-state index contributed by atoms with van der Waals surface area (Å²) in [6.45, 7) is 2.26. The Hall–Kier alpha value is -1.06. The van der Waals surface area contributed by atoms with Gasteiger partial charge in [0.15, 0.2) is 5.78 Å². The van der Waals surface area contributed by atoms with E-state index in [0.29, 0.717) is 6.54 Å². The fourth-order valence-corrected chi connectivity index (χ4v) is 1.68. The maximum absolute atomic E-state index is 11.6. The highest BCUT2D eigenvalue weighted by molar-refractivity contribution is 5.87. The van der Waals surface area contributed by atoms with E-state index in [1.165, 1.54) is 4.90 Å². The Morgan fingerprint density at radius 3 is 2.46 bits per heavy atom. The van der Waals surface area contributed by atoms with E-state index in [2.05, 4.69) is 0 Å². The van der Waals surface area contributed by atoms with Crippen LogP contribution in [0.25, 0.3) is 0 Å². The number of urea groups is 1. The lowest BCUT2D eigenvalue weighted by Gasteiger charge is -2.25. The van der Waals surface area contributed by atoms with Crippen molar-refractivity contribution in [3.63, 3.8) is 0 Å². The van der Waals surface area contributed by atoms with E-state index < -0.39 is 0 Å². The van der Waals surface area contributed by atoms with Crippen molar-refractivity contribution >= 4 is 11.8 Å². The van der Waals surface area contributed by atoms with Crippen molar-refractivity contribution in [3.05, 3.63) is 0 Å². The summed E-state index contributed by atoms with van der Waals surface area (Å²) in [6.07, 6.45) is 1.75. The largest absolute Gasteiger partial charge is 0.331 e. The molecule has 1 heterocycles. The zero-order chi connectivity index (χ0) is 10.0. The molecule has 0 saturated carbocycles. The Kier molecular flexibility index (Phi) is 2.90. The van der Waals surface area contributed by atoms with Gasteiger partial charge in [-0.2, -0.15) is 0 Å². The molecule has 2 amide bonds. The second kappa shape index (κ2) is 3.77. The fourth-order valence-electron chi connectivity index (χ4n) is 1.68. The van der Waals surface area contributed by atoms with E-state index >= 15 is 0 Å². The number of ketones is 1. The van der Waals surface area contributed by atoms with Crippen molar-refractivity contribution in [2.75, 3.05) is 20.6 Å². The summed E-state index contributed by atoms with van der Waals surface area (Å²) in [5.74, 6) is 0.0905. The van der Waals surface area contributed by atoms with Crippen LogP contribution in [0.3, 0.4) is 0 Å². The van der Waals surface area contributed by atoms with E-state index in [1.807, 2.05) is 0 Å². The first-order chi connectivity index (χ1) is 6.04. The second-order valence-electron chi connectivity index (χ2n) is 3.64. The van der Waals surface area contributed by atoms with E-state index in [1.54, 1.807) is 25.9 Å². The van der Waals surface area contributed by atoms with E-state index in [0.717, 1.165) is 12.8 Å². The fraction of sp³-hybridized carbons (Fsp3) is 0.778. The van der Waals surface area contributed by atoms with Crippen LogP contribution >= 0.6 is 0 Å². The van der Waals surface area contributed by atoms with Crippen molar-refractivity contribution in [1.82, 2.24) is 9.80 Å². The maximum Gasteiger partial charge on any atom is 0.320 e. The molecule has 1 aliphatic heterocycles. The molecule has 13 heavy (non-hydrogen) atoms. The van der Waals surface area contributed by atoms with Crippen molar-refractivity contribution < 1.29 is 9.59 Å². The van der Waals surface area contributed by atoms with Gasteiger partial charge in [0, 0.05) is 20.6 Å². The third-order valence-corrected chi connectivity index (χ3v) is 2.35. The number of nitrogens with zero attached hydrogens (tertiary/aromatic N) is 2. The summed E-state index contributed by atoms with van der Waals surface area (Å²) in [5, 5.41) is 0. The molecule has 0 spiro atoms. The minimum absolute atomic E-state index is 0.0577. The highest BCUT2D eigenvalue weighted by atomic mass is 16.2. The molecule has 0 unspecified atom stereocenters. The minimum Gasteiger partial charge on any atom is -0.331 e. The van der Waals surface area contributed by atoms with Crippen LogP contribution in [0.15, 0.2) is 0 Å². The molecule has 0 N–H and O–H groups in total. The van der Waals surface area contributed by atoms with Gasteiger partial charge in [-0.1, -0.05) is 0 Å². The molecule has 1 rings (SSSR count). The second-order valence-corrected chi connectivity index (χ2v) is 3.64. The number of Topliss-reactive ketones (excluding diaryl/α,β-unsaturated/α-hetero) is 1. The smallest absolute Gasteiger partial charge is 0.320 e. The Bertz CT molecular complexity index is 226. The molecule has 1 fully saturated rings. The van der Waals surface area contributed by atoms with Crippen molar-refractivity contribution in [2.45, 2.75) is 25.8 Å². The van der Waals surface area contributed by atoms with Gasteiger partial charge in [-0.15, -0.1) is 0 Å². The van der Waals surface area contributed by atoms with Crippen molar-refractivity contribution in [3.8, 4) is 0 Å². The molecule has 0 aliphatic carbocycles. The summed E-state index contributed by atoms with van der Waals surface area (Å²) in [7, 11) is 3.41. The van der Waals surface area contributed by atoms with Crippen LogP contribution in [0.2, 0.25) is 0 Å². The van der Waals surface area contributed by atoms with E-state index in [-0.39, 0.29) is 17.9 Å². The predicted molar refractivity (Wildman–Crippen MR) is 49.5 cm³/mol. The summed E-state index contributed by atoms with van der Waals surface area (Å²) < 4.78 is 0. The average molecular weight is 184 g/mol. The standard InChI is InChI=1S/C9H16N2O2/c1-7(12)8-5-4-6-11(8)9(13)10(2)3/h8H,4-6H2,1-3H3/t8-/m0/s1. The Morgan fingerprint density at radius 1 is 1.38 bits per heavy atom. The Morgan fingerprint density at radius 2 is 2.00 bits per heavy atom. The molecule has 4 heteroatoms. The number of rotatable bonds is 1. The number of hydrogen-bond donors (Lipinski definition) is 0. The summed E-state index contributed by atoms with van der Waals surface area (Å²) in [4.78, 5) is 25.9. The number of carbonyl (C=O) groups excluding carboxylic acids is 2. The third kappa shape index (κ3) is 1.99. The SMILES string of the molecule is CC(=O)[C@@H]1CCCN1C(=O)N(C)C. The van der Waals surface area contributed by atoms with Gasteiger partial charge in [0.1, 0.15) is 0 Å². The molecule has 0 radical (unpaired) electrons. The Balaban J connectivity index is 2.68. The van der Waals surface area contributed by atoms with Crippen LogP contribution in [0.5, 0.6) is 0 Å². The molecule has 0 aromatic carbocycles. The average Bonchev–Trinajstić information content (AvgIpc) is 2.50. The lowest BCUT2D eigenvalue weighted by molar-refractivity contribution is -0.120. The van der Waals surface area contributed by atoms with Gasteiger partial charge in [0.2, 0.25) is 0 Å². The first kappa shape index (κ1) is 10.0. The molecule has 74 valence electrons. The minimum atomic E-state index is -0.185. The van der Waals surface area contributed by atoms with Gasteiger partial charge in [0.25, 0.3) is 0 Å². The Labute approximate surface area is 78.5 Å². The summed E-state index contributed by atoms with van der Waals surface area (Å²) in [6, 6.07) is -0.243. The molecule has 1 saturated heterocycles. The first-order valence-electron chi connectivity index (χ1n) is 4.52. The van der Waals surface area contributed by atoms with Crippen LogP contribution in [-0.4, -0.2) is 48.3 Å². The summed E-state index contributed by atoms with van der Waals surface area (Å²) in [5.41, 5.74) is 0. The molecule has 4 nitrogen and oxygen atoms in total. The van der Waals surface area contributed by atoms with Crippen molar-refractivity contribution in [1.29, 1.82) is 0 Å². The topological polar surface area (TPSA) is 40.6 Å². The number of hydrogen-bond acceptors (Lipinski definition) is 2. The molecule has 1 aliphatic rings. The maximum atomic E-state index is 11.6. The van der Waals surface area contributed by atoms with Crippen LogP contribution in [-0.2, 0) is 4.79 Å². The zero-order valence-electron chi connectivity index (χ0n) is 8.41. The van der Waals surface area contributed by atoms with Gasteiger partial charge in [-0.05, 0) is 19.8 Å². The number of carbonyl (C=O) groups is 2. The molecule has 1 atom stereocenters. The van der Waals surface area contributed by atoms with Gasteiger partial charge in [0.05, 0.1) is 6.04 Å². The lowest BCUT2D eigenvalue weighted by atomic mass is 10.1. The van der Waals surface area contributed by atoms with Crippen LogP contribution in [0.4, 0.5) is 4.79 Å². The highest BCUT2D eigenvalue weighted by Crippen LogP contribution is 2.18. The van der Waals surface area contributed by atoms with Crippen LogP contribution in [0.1, 0.15) is 19.8 Å². The van der Waals surface area contributed by atoms with Gasteiger partial charge < -0.3 is 9.80 Å². The first-order valence-corrected chi connectivity index (χ1v) is 4.52. The monoisotopic (exact) mass is 184 g/mol. The number of likely N-dealkylation sites (tertiary alicyclic amines) is 1. The van der Waals surface area contributed by atoms with E-state index in [9.17, 15) is 9.59 Å². The quantitative estimate of drug-likeness (QED) is 0.602. The van der Waals surface area contributed by atoms with Crippen molar-refractivity contribution in [2.24, 2.45) is 0 Å². The number of amides is 2. The van der Waals surface area contributed by atoms with Gasteiger partial charge >= 0.3 is 6.03 Å². The normalized spacial score (nSPS) is 21.8. The zero-order valence-corrected chi connectivity index (χ0v) is 8.41. The van der Waals surface area contributed by atoms with Gasteiger partial charge in [-0.3, -0.25) is 4.79 Å². The molecule has 0 aromatic heterocycles. The third-order valence-electron chi connectivity index (χ3n) is 2.35. The molecular weight excluding hydrogens is 168 g/mol.